The van der Waals surface area contributed by atoms with E-state index in [0.29, 0.717) is 0 Å². The van der Waals surface area contributed by atoms with Crippen LogP contribution in [0.1, 0.15) is 19.4 Å². The summed E-state index contributed by atoms with van der Waals surface area (Å²) in [5.41, 5.74) is 2.27. The van der Waals surface area contributed by atoms with Crippen LogP contribution >= 0.6 is 15.9 Å². The Balaban J connectivity index is 2.34. The van der Waals surface area contributed by atoms with Gasteiger partial charge in [-0.2, -0.15) is 0 Å². The molecule has 0 aliphatic carbocycles. The molecule has 2 aromatic rings. The molecule has 1 aromatic heterocycles. The summed E-state index contributed by atoms with van der Waals surface area (Å²) in [6.07, 6.45) is 0. The molecule has 0 aliphatic heterocycles. The number of ether oxygens (including phenoxy) is 1. The summed E-state index contributed by atoms with van der Waals surface area (Å²) < 4.78 is 5.47. The van der Waals surface area contributed by atoms with Crippen molar-refractivity contribution < 1.29 is 4.74 Å². The van der Waals surface area contributed by atoms with Crippen molar-refractivity contribution in [2.24, 2.45) is 0 Å². The van der Waals surface area contributed by atoms with Crippen LogP contribution in [0.15, 0.2) is 30.3 Å². The lowest BCUT2D eigenvalue weighted by Gasteiger charge is -2.24. The zero-order valence-electron chi connectivity index (χ0n) is 12.1. The summed E-state index contributed by atoms with van der Waals surface area (Å²) in [7, 11) is 0. The number of alkyl halides is 1. The van der Waals surface area contributed by atoms with E-state index in [-0.39, 0.29) is 0 Å². The van der Waals surface area contributed by atoms with Crippen LogP contribution in [0, 0.1) is 0 Å². The number of para-hydroxylation sites is 1. The second kappa shape index (κ2) is 7.60. The van der Waals surface area contributed by atoms with Gasteiger partial charge >= 0.3 is 0 Å². The summed E-state index contributed by atoms with van der Waals surface area (Å²) in [5.74, 6) is 1.06. The van der Waals surface area contributed by atoms with Gasteiger partial charge in [0.25, 0.3) is 0 Å². The summed E-state index contributed by atoms with van der Waals surface area (Å²) in [6, 6.07) is 10.5. The van der Waals surface area contributed by atoms with Gasteiger partial charge in [0.05, 0.1) is 12.1 Å². The van der Waals surface area contributed by atoms with Crippen LogP contribution in [-0.2, 0) is 10.1 Å². The summed E-state index contributed by atoms with van der Waals surface area (Å²) in [5, 5.41) is 2.00. The van der Waals surface area contributed by atoms with Crippen molar-refractivity contribution in [2.45, 2.75) is 19.2 Å². The van der Waals surface area contributed by atoms with E-state index in [4.69, 9.17) is 9.72 Å². The van der Waals surface area contributed by atoms with Crippen LogP contribution in [-0.4, -0.2) is 31.3 Å². The van der Waals surface area contributed by atoms with Crippen molar-refractivity contribution in [3.63, 3.8) is 0 Å². The first-order valence-corrected chi connectivity index (χ1v) is 8.19. The maximum absolute atomic E-state index is 5.47. The van der Waals surface area contributed by atoms with E-state index < -0.39 is 0 Å². The predicted molar refractivity (Wildman–Crippen MR) is 88.8 cm³/mol. The van der Waals surface area contributed by atoms with E-state index in [1.807, 2.05) is 19.1 Å². The molecule has 20 heavy (non-hydrogen) atoms. The molecule has 0 unspecified atom stereocenters. The third-order valence-electron chi connectivity index (χ3n) is 3.31. The monoisotopic (exact) mass is 336 g/mol. The van der Waals surface area contributed by atoms with Crippen molar-refractivity contribution in [3.05, 3.63) is 35.9 Å². The molecule has 2 rings (SSSR count). The molecule has 0 fully saturated rings. The summed E-state index contributed by atoms with van der Waals surface area (Å²) >= 11 is 3.58. The zero-order valence-corrected chi connectivity index (χ0v) is 13.7. The van der Waals surface area contributed by atoms with E-state index in [2.05, 4.69) is 46.0 Å². The quantitative estimate of drug-likeness (QED) is 0.564. The molecule has 0 atom stereocenters. The van der Waals surface area contributed by atoms with Crippen LogP contribution in [0.2, 0.25) is 0 Å². The number of likely N-dealkylation sites (N-methyl/N-ethyl adjacent to an activating group) is 1. The van der Waals surface area contributed by atoms with Gasteiger partial charge in [-0.1, -0.05) is 34.1 Å². The van der Waals surface area contributed by atoms with Gasteiger partial charge in [-0.3, -0.25) is 0 Å². The van der Waals surface area contributed by atoms with E-state index in [0.717, 1.165) is 43.0 Å². The smallest absolute Gasteiger partial charge is 0.133 e. The van der Waals surface area contributed by atoms with Crippen molar-refractivity contribution in [2.75, 3.05) is 31.2 Å². The van der Waals surface area contributed by atoms with Gasteiger partial charge in [0, 0.05) is 36.0 Å². The largest absolute Gasteiger partial charge is 0.380 e. The molecule has 0 amide bonds. The number of fused-ring (bicyclic) bond motifs is 1. The first-order chi connectivity index (χ1) is 9.80. The van der Waals surface area contributed by atoms with Gasteiger partial charge in [-0.25, -0.2) is 4.98 Å². The van der Waals surface area contributed by atoms with E-state index in [1.165, 1.54) is 10.9 Å². The molecular weight excluding hydrogens is 316 g/mol. The fourth-order valence-corrected chi connectivity index (χ4v) is 2.67. The lowest BCUT2D eigenvalue weighted by atomic mass is 10.1. The van der Waals surface area contributed by atoms with Crippen molar-refractivity contribution in [3.8, 4) is 0 Å². The van der Waals surface area contributed by atoms with Gasteiger partial charge in [0.1, 0.15) is 5.82 Å². The zero-order chi connectivity index (χ0) is 14.4. The topological polar surface area (TPSA) is 25.4 Å². The Morgan fingerprint density at radius 2 is 2.05 bits per heavy atom. The van der Waals surface area contributed by atoms with Crippen molar-refractivity contribution in [1.29, 1.82) is 0 Å². The molecule has 108 valence electrons. The SMILES string of the molecule is CCOCCN(CC)c1nc2ccccc2cc1CBr. The average molecular weight is 337 g/mol. The highest BCUT2D eigenvalue weighted by Gasteiger charge is 2.12. The fourth-order valence-electron chi connectivity index (χ4n) is 2.25. The Morgan fingerprint density at radius 1 is 1.25 bits per heavy atom. The Morgan fingerprint density at radius 3 is 2.75 bits per heavy atom. The van der Waals surface area contributed by atoms with Crippen molar-refractivity contribution in [1.82, 2.24) is 4.98 Å². The Labute approximate surface area is 129 Å². The van der Waals surface area contributed by atoms with E-state index in [9.17, 15) is 0 Å². The van der Waals surface area contributed by atoms with Gasteiger partial charge in [-0.15, -0.1) is 0 Å². The second-order valence-electron chi connectivity index (χ2n) is 4.57. The van der Waals surface area contributed by atoms with Crippen molar-refractivity contribution >= 4 is 32.7 Å². The minimum absolute atomic E-state index is 0.737. The molecule has 0 N–H and O–H groups in total. The number of hydrogen-bond acceptors (Lipinski definition) is 3. The number of nitrogens with zero attached hydrogens (tertiary/aromatic N) is 2. The summed E-state index contributed by atoms with van der Waals surface area (Å²) in [6.45, 7) is 7.47. The second-order valence-corrected chi connectivity index (χ2v) is 5.13. The highest BCUT2D eigenvalue weighted by molar-refractivity contribution is 9.08. The summed E-state index contributed by atoms with van der Waals surface area (Å²) in [4.78, 5) is 7.11. The third kappa shape index (κ3) is 3.49. The van der Waals surface area contributed by atoms with Gasteiger partial charge in [0.2, 0.25) is 0 Å². The number of aromatic nitrogens is 1. The van der Waals surface area contributed by atoms with E-state index >= 15 is 0 Å². The molecule has 0 saturated heterocycles. The third-order valence-corrected chi connectivity index (χ3v) is 3.92. The molecule has 3 nitrogen and oxygen atoms in total. The first-order valence-electron chi connectivity index (χ1n) is 7.07. The molecule has 1 aromatic carbocycles. The van der Waals surface area contributed by atoms with Crippen LogP contribution in [0.25, 0.3) is 10.9 Å². The van der Waals surface area contributed by atoms with Crippen LogP contribution in [0.5, 0.6) is 0 Å². The number of benzene rings is 1. The van der Waals surface area contributed by atoms with Crippen LogP contribution < -0.4 is 4.90 Å². The maximum Gasteiger partial charge on any atom is 0.133 e. The number of pyridine rings is 1. The molecule has 0 bridgehead atoms. The number of hydrogen-bond donors (Lipinski definition) is 0. The lowest BCUT2D eigenvalue weighted by molar-refractivity contribution is 0.154. The Hall–Kier alpha value is -1.13. The average Bonchev–Trinajstić information content (AvgIpc) is 2.50. The Kier molecular flexibility index (Phi) is 5.80. The van der Waals surface area contributed by atoms with Gasteiger partial charge < -0.3 is 9.64 Å². The molecule has 0 saturated carbocycles. The molecular formula is C16H21BrN2O. The minimum Gasteiger partial charge on any atom is -0.380 e. The van der Waals surface area contributed by atoms with Gasteiger partial charge in [0.15, 0.2) is 0 Å². The van der Waals surface area contributed by atoms with Crippen LogP contribution in [0.3, 0.4) is 0 Å². The minimum atomic E-state index is 0.737. The van der Waals surface area contributed by atoms with Gasteiger partial charge in [-0.05, 0) is 26.0 Å². The van der Waals surface area contributed by atoms with E-state index in [1.54, 1.807) is 0 Å². The standard InChI is InChI=1S/C16H21BrN2O/c1-3-19(9-10-20-4-2)16-14(12-17)11-13-7-5-6-8-15(13)18-16/h5-8,11H,3-4,9-10,12H2,1-2H3. The molecule has 4 heteroatoms. The lowest BCUT2D eigenvalue weighted by Crippen LogP contribution is -2.29. The maximum atomic E-state index is 5.47. The number of anilines is 1. The number of rotatable bonds is 7. The predicted octanol–water partition coefficient (Wildman–Crippen LogP) is 3.99. The molecule has 0 aliphatic rings. The fraction of sp³-hybridized carbons (Fsp3) is 0.438. The number of halogens is 1. The molecule has 1 heterocycles. The first kappa shape index (κ1) is 15.3. The highest BCUT2D eigenvalue weighted by Crippen LogP contribution is 2.25. The highest BCUT2D eigenvalue weighted by atomic mass is 79.9. The molecule has 0 spiro atoms. The molecule has 0 radical (unpaired) electrons. The van der Waals surface area contributed by atoms with Crippen LogP contribution in [0.4, 0.5) is 5.82 Å². The normalized spacial score (nSPS) is 10.9. The Bertz CT molecular complexity index is 559.